The van der Waals surface area contributed by atoms with E-state index in [-0.39, 0.29) is 18.8 Å². The van der Waals surface area contributed by atoms with Gasteiger partial charge in [0.05, 0.1) is 11.1 Å². The summed E-state index contributed by atoms with van der Waals surface area (Å²) in [7, 11) is 0. The van der Waals surface area contributed by atoms with Crippen LogP contribution in [0.2, 0.25) is 0 Å². The van der Waals surface area contributed by atoms with E-state index in [0.717, 1.165) is 0 Å². The molecule has 0 bridgehead atoms. The molecule has 1 aromatic carbocycles. The third-order valence-corrected chi connectivity index (χ3v) is 4.54. The number of nitrogens with zero attached hydrogens (tertiary/aromatic N) is 4. The summed E-state index contributed by atoms with van der Waals surface area (Å²) < 4.78 is 46.2. The minimum Gasteiger partial charge on any atom is -0.432 e. The molecule has 5 nitrogen and oxygen atoms in total. The number of rotatable bonds is 5. The fraction of sp³-hybridized carbons (Fsp3) is 0.167. The smallest absolute Gasteiger partial charge is 0.240 e. The average Bonchev–Trinajstić information content (AvgIpc) is 3.23. The Labute approximate surface area is 165 Å². The highest BCUT2D eigenvalue weighted by atomic mass is 127. The number of hydrogen-bond donors (Lipinski definition) is 0. The molecule has 0 amide bonds. The van der Waals surface area contributed by atoms with Gasteiger partial charge in [-0.05, 0) is 46.9 Å². The van der Waals surface area contributed by atoms with Crippen molar-refractivity contribution in [1.29, 1.82) is 0 Å². The van der Waals surface area contributed by atoms with Gasteiger partial charge in [-0.3, -0.25) is 4.68 Å². The molecule has 0 aliphatic heterocycles. The van der Waals surface area contributed by atoms with E-state index in [2.05, 4.69) is 15.1 Å². The largest absolute Gasteiger partial charge is 0.432 e. The molecular formula is C18H12F3IN4O. The van der Waals surface area contributed by atoms with Crippen molar-refractivity contribution in [1.82, 2.24) is 19.7 Å². The molecule has 0 N–H and O–H groups in total. The lowest BCUT2D eigenvalue weighted by Crippen LogP contribution is -2.03. The summed E-state index contributed by atoms with van der Waals surface area (Å²) in [5, 5.41) is 5.13. The average molecular weight is 484 g/mol. The van der Waals surface area contributed by atoms with Gasteiger partial charge in [-0.15, -0.1) is 0 Å². The SMILES string of the molecule is Fc1ccc(-c2nn(CCC(F)F)cc2-c2ncnc3oc(I)cc23)cc1. The van der Waals surface area contributed by atoms with Crippen LogP contribution in [0.25, 0.3) is 33.6 Å². The van der Waals surface area contributed by atoms with Gasteiger partial charge >= 0.3 is 0 Å². The molecule has 9 heteroatoms. The van der Waals surface area contributed by atoms with Gasteiger partial charge < -0.3 is 4.42 Å². The first-order valence-electron chi connectivity index (χ1n) is 8.03. The summed E-state index contributed by atoms with van der Waals surface area (Å²) in [6.07, 6.45) is 0.311. The monoisotopic (exact) mass is 484 g/mol. The van der Waals surface area contributed by atoms with Crippen LogP contribution in [0.5, 0.6) is 0 Å². The fourth-order valence-corrected chi connectivity index (χ4v) is 3.32. The van der Waals surface area contributed by atoms with Crippen molar-refractivity contribution in [2.75, 3.05) is 0 Å². The Hall–Kier alpha value is -2.43. The lowest BCUT2D eigenvalue weighted by Gasteiger charge is -2.03. The van der Waals surface area contributed by atoms with Crippen LogP contribution >= 0.6 is 22.6 Å². The van der Waals surface area contributed by atoms with Crippen molar-refractivity contribution in [3.8, 4) is 22.5 Å². The van der Waals surface area contributed by atoms with Crippen LogP contribution < -0.4 is 0 Å². The maximum Gasteiger partial charge on any atom is 0.240 e. The molecule has 0 aliphatic carbocycles. The van der Waals surface area contributed by atoms with Gasteiger partial charge in [-0.1, -0.05) is 0 Å². The standard InChI is InChI=1S/C18H12F3IN4O/c19-11-3-1-10(2-4-11)16-13(8-26(25-16)6-5-14(20)21)17-12-7-15(22)27-18(12)24-9-23-17/h1-4,7-9,14H,5-6H2. The first-order valence-corrected chi connectivity index (χ1v) is 9.11. The van der Waals surface area contributed by atoms with Crippen molar-refractivity contribution in [3.63, 3.8) is 0 Å². The fourth-order valence-electron chi connectivity index (χ4n) is 2.80. The number of alkyl halides is 2. The summed E-state index contributed by atoms with van der Waals surface area (Å²) in [5.74, 6) is -0.369. The first kappa shape index (κ1) is 18.0. The number of aromatic nitrogens is 4. The molecule has 138 valence electrons. The number of halogens is 4. The summed E-state index contributed by atoms with van der Waals surface area (Å²) in [5.41, 5.74) is 2.83. The molecule has 0 radical (unpaired) electrons. The Morgan fingerprint density at radius 2 is 1.89 bits per heavy atom. The van der Waals surface area contributed by atoms with E-state index in [1.807, 2.05) is 22.6 Å². The number of fused-ring (bicyclic) bond motifs is 1. The number of benzene rings is 1. The van der Waals surface area contributed by atoms with E-state index < -0.39 is 6.43 Å². The Bertz CT molecular complexity index is 1090. The molecule has 27 heavy (non-hydrogen) atoms. The van der Waals surface area contributed by atoms with Crippen LogP contribution in [0.1, 0.15) is 6.42 Å². The van der Waals surface area contributed by atoms with Crippen molar-refractivity contribution >= 4 is 33.7 Å². The molecule has 4 rings (SSSR count). The molecule has 0 saturated carbocycles. The van der Waals surface area contributed by atoms with E-state index in [1.165, 1.54) is 23.1 Å². The maximum atomic E-state index is 13.3. The van der Waals surface area contributed by atoms with Crippen LogP contribution in [0.15, 0.2) is 47.3 Å². The third kappa shape index (κ3) is 3.68. The predicted molar refractivity (Wildman–Crippen MR) is 102 cm³/mol. The molecule has 0 fully saturated rings. The van der Waals surface area contributed by atoms with E-state index in [0.29, 0.717) is 37.4 Å². The summed E-state index contributed by atoms with van der Waals surface area (Å²) >= 11 is 2.04. The van der Waals surface area contributed by atoms with Crippen LogP contribution in [-0.2, 0) is 6.54 Å². The van der Waals surface area contributed by atoms with Crippen LogP contribution in [0, 0.1) is 9.58 Å². The topological polar surface area (TPSA) is 56.7 Å². The molecule has 0 unspecified atom stereocenters. The van der Waals surface area contributed by atoms with Gasteiger partial charge in [-0.2, -0.15) is 5.10 Å². The van der Waals surface area contributed by atoms with Crippen LogP contribution in [0.3, 0.4) is 0 Å². The molecule has 0 atom stereocenters. The van der Waals surface area contributed by atoms with Gasteiger partial charge in [0.1, 0.15) is 17.8 Å². The van der Waals surface area contributed by atoms with E-state index in [4.69, 9.17) is 4.42 Å². The zero-order valence-corrected chi connectivity index (χ0v) is 15.9. The van der Waals surface area contributed by atoms with Gasteiger partial charge in [0.2, 0.25) is 12.1 Å². The van der Waals surface area contributed by atoms with Gasteiger partial charge in [0.25, 0.3) is 0 Å². The quantitative estimate of drug-likeness (QED) is 0.368. The molecule has 4 aromatic rings. The second kappa shape index (κ2) is 7.29. The van der Waals surface area contributed by atoms with Crippen molar-refractivity contribution in [3.05, 3.63) is 52.4 Å². The highest BCUT2D eigenvalue weighted by Gasteiger charge is 2.19. The minimum absolute atomic E-state index is 0.0585. The lowest BCUT2D eigenvalue weighted by molar-refractivity contribution is 0.130. The molecule has 0 aliphatic rings. The summed E-state index contributed by atoms with van der Waals surface area (Å²) in [6.45, 7) is 0.0585. The molecule has 0 spiro atoms. The van der Waals surface area contributed by atoms with Crippen LogP contribution in [-0.4, -0.2) is 26.2 Å². The van der Waals surface area contributed by atoms with Crippen molar-refractivity contribution in [2.45, 2.75) is 19.4 Å². The van der Waals surface area contributed by atoms with Gasteiger partial charge in [0.15, 0.2) is 3.77 Å². The second-order valence-electron chi connectivity index (χ2n) is 5.83. The molecule has 3 heterocycles. The number of furan rings is 1. The minimum atomic E-state index is -2.42. The third-order valence-electron chi connectivity index (χ3n) is 4.01. The van der Waals surface area contributed by atoms with Crippen molar-refractivity contribution in [2.24, 2.45) is 0 Å². The molecular weight excluding hydrogens is 472 g/mol. The Morgan fingerprint density at radius 1 is 1.11 bits per heavy atom. The lowest BCUT2D eigenvalue weighted by atomic mass is 10.0. The highest BCUT2D eigenvalue weighted by Crippen LogP contribution is 2.35. The predicted octanol–water partition coefficient (Wildman–Crippen LogP) is 5.15. The molecule has 0 saturated heterocycles. The normalized spacial score (nSPS) is 11.6. The van der Waals surface area contributed by atoms with Gasteiger partial charge in [-0.25, -0.2) is 23.1 Å². The van der Waals surface area contributed by atoms with E-state index in [1.54, 1.807) is 24.4 Å². The van der Waals surface area contributed by atoms with E-state index >= 15 is 0 Å². The first-order chi connectivity index (χ1) is 13.0. The molecule has 3 aromatic heterocycles. The maximum absolute atomic E-state index is 13.3. The highest BCUT2D eigenvalue weighted by molar-refractivity contribution is 14.1. The Kier molecular flexibility index (Phi) is 4.85. The second-order valence-corrected chi connectivity index (χ2v) is 6.90. The number of aryl methyl sites for hydroxylation is 1. The zero-order valence-electron chi connectivity index (χ0n) is 13.7. The van der Waals surface area contributed by atoms with Crippen molar-refractivity contribution < 1.29 is 17.6 Å². The zero-order chi connectivity index (χ0) is 19.0. The van der Waals surface area contributed by atoms with E-state index in [9.17, 15) is 13.2 Å². The Balaban J connectivity index is 1.88. The van der Waals surface area contributed by atoms with Crippen LogP contribution in [0.4, 0.5) is 13.2 Å². The number of hydrogen-bond acceptors (Lipinski definition) is 4. The summed E-state index contributed by atoms with van der Waals surface area (Å²) in [6, 6.07) is 7.64. The Morgan fingerprint density at radius 3 is 2.63 bits per heavy atom. The summed E-state index contributed by atoms with van der Waals surface area (Å²) in [4.78, 5) is 8.46. The van der Waals surface area contributed by atoms with Gasteiger partial charge in [0, 0.05) is 36.4 Å².